The first-order valence-corrected chi connectivity index (χ1v) is 8.38. The van der Waals surface area contributed by atoms with Gasteiger partial charge in [-0.05, 0) is 37.1 Å². The summed E-state index contributed by atoms with van der Waals surface area (Å²) in [6.45, 7) is 0.266. The van der Waals surface area contributed by atoms with Crippen LogP contribution in [0.1, 0.15) is 51.1 Å². The second-order valence-electron chi connectivity index (χ2n) is 6.15. The van der Waals surface area contributed by atoms with Crippen molar-refractivity contribution < 1.29 is 18.5 Å². The van der Waals surface area contributed by atoms with E-state index in [0.717, 1.165) is 18.6 Å². The molecule has 1 aliphatic rings. The van der Waals surface area contributed by atoms with Crippen LogP contribution in [-0.4, -0.2) is 17.0 Å². The summed E-state index contributed by atoms with van der Waals surface area (Å²) in [5, 5.41) is 9.31. The molecule has 3 aromatic rings. The molecular formula is C19H17N3O4. The summed E-state index contributed by atoms with van der Waals surface area (Å²) >= 11 is 0. The summed E-state index contributed by atoms with van der Waals surface area (Å²) in [5.41, 5.74) is 0.974. The van der Waals surface area contributed by atoms with E-state index in [1.54, 1.807) is 48.7 Å². The number of carbonyl (C=O) groups is 2. The molecule has 1 aromatic carbocycles. The quantitative estimate of drug-likeness (QED) is 0.710. The van der Waals surface area contributed by atoms with Gasteiger partial charge in [0.25, 0.3) is 11.8 Å². The molecule has 0 unspecified atom stereocenters. The van der Waals surface area contributed by atoms with Crippen LogP contribution in [0.15, 0.2) is 57.7 Å². The average Bonchev–Trinajstić information content (AvgIpc) is 3.17. The van der Waals surface area contributed by atoms with Crippen molar-refractivity contribution in [1.29, 1.82) is 0 Å². The molecule has 4 rings (SSSR count). The molecule has 132 valence electrons. The minimum Gasteiger partial charge on any atom is -0.467 e. The van der Waals surface area contributed by atoms with Crippen LogP contribution in [0.2, 0.25) is 0 Å². The number of anilines is 1. The third-order valence-electron chi connectivity index (χ3n) is 4.16. The van der Waals surface area contributed by atoms with Crippen molar-refractivity contribution in [1.82, 2.24) is 10.5 Å². The van der Waals surface area contributed by atoms with Gasteiger partial charge in [0.05, 0.1) is 24.1 Å². The second-order valence-corrected chi connectivity index (χ2v) is 6.15. The van der Waals surface area contributed by atoms with E-state index in [-0.39, 0.29) is 18.1 Å². The Morgan fingerprint density at radius 2 is 1.96 bits per heavy atom. The minimum absolute atomic E-state index is 0.206. The first-order valence-electron chi connectivity index (χ1n) is 8.38. The summed E-state index contributed by atoms with van der Waals surface area (Å²) in [7, 11) is 0. The molecule has 2 aromatic heterocycles. The smallest absolute Gasteiger partial charge is 0.277 e. The number of nitrogens with zero attached hydrogens (tertiary/aromatic N) is 1. The van der Waals surface area contributed by atoms with Crippen LogP contribution in [0.25, 0.3) is 0 Å². The van der Waals surface area contributed by atoms with E-state index in [4.69, 9.17) is 8.94 Å². The fourth-order valence-electron chi connectivity index (χ4n) is 2.61. The fourth-order valence-corrected chi connectivity index (χ4v) is 2.61. The Kier molecular flexibility index (Phi) is 4.27. The average molecular weight is 351 g/mol. The van der Waals surface area contributed by atoms with E-state index in [2.05, 4.69) is 15.8 Å². The molecule has 2 amide bonds. The lowest BCUT2D eigenvalue weighted by Crippen LogP contribution is -2.24. The number of para-hydroxylation sites is 1. The maximum absolute atomic E-state index is 12.4. The fraction of sp³-hybridized carbons (Fsp3) is 0.211. The van der Waals surface area contributed by atoms with E-state index >= 15 is 0 Å². The molecular weight excluding hydrogens is 334 g/mol. The molecule has 7 nitrogen and oxygen atoms in total. The third-order valence-corrected chi connectivity index (χ3v) is 4.16. The van der Waals surface area contributed by atoms with Crippen LogP contribution >= 0.6 is 0 Å². The van der Waals surface area contributed by atoms with Gasteiger partial charge in [0.1, 0.15) is 11.5 Å². The molecule has 0 atom stereocenters. The molecule has 0 bridgehead atoms. The number of carbonyl (C=O) groups excluding carboxylic acids is 2. The standard InChI is InChI=1S/C19H17N3O4/c23-18(20-11-13-4-3-9-25-13)14-5-1-2-6-15(14)21-19(24)16-10-17(26-22-16)12-7-8-12/h1-6,9-10,12H,7-8,11H2,(H,20,23)(H,21,24). The molecule has 0 saturated heterocycles. The Morgan fingerprint density at radius 1 is 1.12 bits per heavy atom. The first kappa shape index (κ1) is 16.1. The number of nitrogens with one attached hydrogen (secondary N) is 2. The lowest BCUT2D eigenvalue weighted by atomic mass is 10.1. The number of amides is 2. The third kappa shape index (κ3) is 3.51. The summed E-state index contributed by atoms with van der Waals surface area (Å²) in [4.78, 5) is 24.9. The van der Waals surface area contributed by atoms with Crippen molar-refractivity contribution in [3.05, 3.63) is 71.5 Å². The lowest BCUT2D eigenvalue weighted by molar-refractivity contribution is 0.0949. The number of benzene rings is 1. The van der Waals surface area contributed by atoms with Crippen molar-refractivity contribution in [2.45, 2.75) is 25.3 Å². The highest BCUT2D eigenvalue weighted by molar-refractivity contribution is 6.08. The van der Waals surface area contributed by atoms with Gasteiger partial charge >= 0.3 is 0 Å². The molecule has 1 aliphatic carbocycles. The van der Waals surface area contributed by atoms with Gasteiger partial charge in [-0.3, -0.25) is 9.59 Å². The van der Waals surface area contributed by atoms with Crippen LogP contribution in [-0.2, 0) is 6.54 Å². The molecule has 26 heavy (non-hydrogen) atoms. The second kappa shape index (κ2) is 6.87. The van der Waals surface area contributed by atoms with Crippen LogP contribution < -0.4 is 10.6 Å². The highest BCUT2D eigenvalue weighted by atomic mass is 16.5. The zero-order valence-corrected chi connectivity index (χ0v) is 13.9. The highest BCUT2D eigenvalue weighted by Crippen LogP contribution is 2.40. The number of hydrogen-bond acceptors (Lipinski definition) is 5. The molecule has 0 radical (unpaired) electrons. The largest absolute Gasteiger partial charge is 0.467 e. The highest BCUT2D eigenvalue weighted by Gasteiger charge is 2.29. The van der Waals surface area contributed by atoms with Gasteiger partial charge < -0.3 is 19.6 Å². The molecule has 1 saturated carbocycles. The lowest BCUT2D eigenvalue weighted by Gasteiger charge is -2.10. The molecule has 2 heterocycles. The van der Waals surface area contributed by atoms with E-state index in [0.29, 0.717) is 22.9 Å². The Balaban J connectivity index is 1.45. The molecule has 2 N–H and O–H groups in total. The van der Waals surface area contributed by atoms with E-state index in [1.807, 2.05) is 0 Å². The maximum atomic E-state index is 12.4. The first-order chi connectivity index (χ1) is 12.7. The van der Waals surface area contributed by atoms with Gasteiger partial charge in [-0.2, -0.15) is 0 Å². The Morgan fingerprint density at radius 3 is 2.73 bits per heavy atom. The maximum Gasteiger partial charge on any atom is 0.277 e. The molecule has 7 heteroatoms. The van der Waals surface area contributed by atoms with Crippen LogP contribution in [0.5, 0.6) is 0 Å². The zero-order chi connectivity index (χ0) is 17.9. The Hall–Kier alpha value is -3.35. The van der Waals surface area contributed by atoms with Crippen molar-refractivity contribution in [2.75, 3.05) is 5.32 Å². The van der Waals surface area contributed by atoms with Gasteiger partial charge in [-0.1, -0.05) is 17.3 Å². The van der Waals surface area contributed by atoms with Gasteiger partial charge in [0.15, 0.2) is 5.69 Å². The van der Waals surface area contributed by atoms with Crippen molar-refractivity contribution >= 4 is 17.5 Å². The van der Waals surface area contributed by atoms with Gasteiger partial charge in [0, 0.05) is 12.0 Å². The number of furan rings is 1. The Labute approximate surface area is 149 Å². The summed E-state index contributed by atoms with van der Waals surface area (Å²) < 4.78 is 10.4. The number of hydrogen-bond donors (Lipinski definition) is 2. The SMILES string of the molecule is O=C(Nc1ccccc1C(=O)NCc1ccco1)c1cc(C2CC2)on1. The zero-order valence-electron chi connectivity index (χ0n) is 13.9. The summed E-state index contributed by atoms with van der Waals surface area (Å²) in [6, 6.07) is 12.0. The van der Waals surface area contributed by atoms with Gasteiger partial charge in [0.2, 0.25) is 0 Å². The normalized spacial score (nSPS) is 13.4. The van der Waals surface area contributed by atoms with Crippen molar-refractivity contribution in [2.24, 2.45) is 0 Å². The Bertz CT molecular complexity index is 926. The van der Waals surface area contributed by atoms with E-state index in [1.165, 1.54) is 0 Å². The van der Waals surface area contributed by atoms with E-state index in [9.17, 15) is 9.59 Å². The molecule has 1 fully saturated rings. The van der Waals surface area contributed by atoms with Crippen LogP contribution in [0.3, 0.4) is 0 Å². The van der Waals surface area contributed by atoms with Gasteiger partial charge in [-0.25, -0.2) is 0 Å². The predicted molar refractivity (Wildman–Crippen MR) is 92.8 cm³/mol. The number of rotatable bonds is 6. The summed E-state index contributed by atoms with van der Waals surface area (Å²) in [5.74, 6) is 1.04. The van der Waals surface area contributed by atoms with Crippen molar-refractivity contribution in [3.63, 3.8) is 0 Å². The van der Waals surface area contributed by atoms with Crippen LogP contribution in [0.4, 0.5) is 5.69 Å². The topological polar surface area (TPSA) is 97.4 Å². The predicted octanol–water partition coefficient (Wildman–Crippen LogP) is 3.33. The number of aromatic nitrogens is 1. The molecule has 0 aliphatic heterocycles. The van der Waals surface area contributed by atoms with Gasteiger partial charge in [-0.15, -0.1) is 0 Å². The summed E-state index contributed by atoms with van der Waals surface area (Å²) in [6.07, 6.45) is 3.67. The minimum atomic E-state index is -0.410. The monoisotopic (exact) mass is 351 g/mol. The van der Waals surface area contributed by atoms with Crippen molar-refractivity contribution in [3.8, 4) is 0 Å². The van der Waals surface area contributed by atoms with E-state index < -0.39 is 5.91 Å². The molecule has 0 spiro atoms. The van der Waals surface area contributed by atoms with Crippen LogP contribution in [0, 0.1) is 0 Å².